The third-order valence-electron chi connectivity index (χ3n) is 3.25. The zero-order valence-electron chi connectivity index (χ0n) is 11.8. The molecule has 2 N–H and O–H groups in total. The molecule has 0 radical (unpaired) electrons. The van der Waals surface area contributed by atoms with Gasteiger partial charge >= 0.3 is 6.18 Å². The van der Waals surface area contributed by atoms with Gasteiger partial charge in [-0.05, 0) is 43.5 Å². The Hall–Kier alpha value is -1.95. The Morgan fingerprint density at radius 2 is 1.86 bits per heavy atom. The first-order valence-corrected chi connectivity index (χ1v) is 6.50. The summed E-state index contributed by atoms with van der Waals surface area (Å²) in [5.74, 6) is 0. The van der Waals surface area contributed by atoms with E-state index in [-0.39, 0.29) is 0 Å². The van der Waals surface area contributed by atoms with Crippen LogP contribution in [0.25, 0.3) is 0 Å². The van der Waals surface area contributed by atoms with Gasteiger partial charge in [0.05, 0.1) is 17.0 Å². The number of nitrogens with zero attached hydrogens (tertiary/aromatic N) is 2. The highest BCUT2D eigenvalue weighted by molar-refractivity contribution is 5.29. The number of alkyl halides is 3. The maximum Gasteiger partial charge on any atom is 0.416 e. The van der Waals surface area contributed by atoms with Crippen LogP contribution in [0.1, 0.15) is 34.1 Å². The predicted octanol–water partition coefficient (Wildman–Crippen LogP) is 3.35. The van der Waals surface area contributed by atoms with Crippen LogP contribution in [0.3, 0.4) is 0 Å². The summed E-state index contributed by atoms with van der Waals surface area (Å²) in [6.07, 6.45) is -4.03. The normalized spacial score (nSPS) is 13.2. The predicted molar refractivity (Wildman–Crippen MR) is 73.6 cm³/mol. The molecule has 0 saturated heterocycles. The third-order valence-corrected chi connectivity index (χ3v) is 3.25. The Balaban J connectivity index is 2.23. The SMILES string of the molecule is Cc1cc(C(N)Cc2cccc(C(F)(F)F)c2)c(C)nn1. The van der Waals surface area contributed by atoms with Crippen molar-refractivity contribution in [1.82, 2.24) is 10.2 Å². The fraction of sp³-hybridized carbons (Fsp3) is 0.333. The van der Waals surface area contributed by atoms with E-state index in [1.165, 1.54) is 6.07 Å². The number of hydrogen-bond acceptors (Lipinski definition) is 3. The summed E-state index contributed by atoms with van der Waals surface area (Å²) in [7, 11) is 0. The van der Waals surface area contributed by atoms with Crippen LogP contribution in [0.2, 0.25) is 0 Å². The number of aromatic nitrogens is 2. The topological polar surface area (TPSA) is 51.8 Å². The average molecular weight is 295 g/mol. The summed E-state index contributed by atoms with van der Waals surface area (Å²) < 4.78 is 38.1. The van der Waals surface area contributed by atoms with Crippen LogP contribution >= 0.6 is 0 Å². The van der Waals surface area contributed by atoms with Crippen LogP contribution in [0, 0.1) is 13.8 Å². The van der Waals surface area contributed by atoms with Crippen molar-refractivity contribution in [2.24, 2.45) is 5.73 Å². The van der Waals surface area contributed by atoms with Crippen molar-refractivity contribution in [3.63, 3.8) is 0 Å². The molecule has 2 rings (SSSR count). The van der Waals surface area contributed by atoms with Crippen LogP contribution in [0.15, 0.2) is 30.3 Å². The molecule has 1 atom stereocenters. The van der Waals surface area contributed by atoms with E-state index in [9.17, 15) is 13.2 Å². The monoisotopic (exact) mass is 295 g/mol. The van der Waals surface area contributed by atoms with Crippen molar-refractivity contribution in [2.45, 2.75) is 32.5 Å². The highest BCUT2D eigenvalue weighted by Crippen LogP contribution is 2.30. The van der Waals surface area contributed by atoms with Crippen molar-refractivity contribution >= 4 is 0 Å². The van der Waals surface area contributed by atoms with Crippen LogP contribution in [-0.4, -0.2) is 10.2 Å². The summed E-state index contributed by atoms with van der Waals surface area (Å²) in [6, 6.07) is 6.64. The molecule has 1 aromatic carbocycles. The van der Waals surface area contributed by atoms with Crippen molar-refractivity contribution in [1.29, 1.82) is 0 Å². The van der Waals surface area contributed by atoms with E-state index in [0.29, 0.717) is 17.7 Å². The summed E-state index contributed by atoms with van der Waals surface area (Å²) in [4.78, 5) is 0. The first-order chi connectivity index (χ1) is 9.77. The molecule has 21 heavy (non-hydrogen) atoms. The molecule has 0 aliphatic carbocycles. The minimum absolute atomic E-state index is 0.315. The van der Waals surface area contributed by atoms with Gasteiger partial charge < -0.3 is 5.73 Å². The molecule has 0 fully saturated rings. The molecule has 112 valence electrons. The zero-order valence-corrected chi connectivity index (χ0v) is 11.8. The minimum Gasteiger partial charge on any atom is -0.324 e. The van der Waals surface area contributed by atoms with Crippen LogP contribution < -0.4 is 5.73 Å². The van der Waals surface area contributed by atoms with Gasteiger partial charge in [-0.1, -0.05) is 18.2 Å². The van der Waals surface area contributed by atoms with E-state index >= 15 is 0 Å². The highest BCUT2D eigenvalue weighted by Gasteiger charge is 2.30. The Morgan fingerprint density at radius 1 is 1.14 bits per heavy atom. The second kappa shape index (κ2) is 5.81. The summed E-state index contributed by atoms with van der Waals surface area (Å²) in [5, 5.41) is 7.91. The maximum absolute atomic E-state index is 12.7. The molecule has 0 saturated carbocycles. The smallest absolute Gasteiger partial charge is 0.324 e. The van der Waals surface area contributed by atoms with Gasteiger partial charge in [-0.25, -0.2) is 0 Å². The summed E-state index contributed by atoms with van der Waals surface area (Å²) >= 11 is 0. The fourth-order valence-corrected chi connectivity index (χ4v) is 2.18. The number of halogens is 3. The third kappa shape index (κ3) is 3.78. The molecule has 0 aliphatic rings. The molecular weight excluding hydrogens is 279 g/mol. The van der Waals surface area contributed by atoms with Crippen molar-refractivity contribution in [2.75, 3.05) is 0 Å². The first kappa shape index (κ1) is 15.4. The second-order valence-electron chi connectivity index (χ2n) is 5.04. The van der Waals surface area contributed by atoms with E-state index in [2.05, 4.69) is 10.2 Å². The van der Waals surface area contributed by atoms with Crippen LogP contribution in [0.5, 0.6) is 0 Å². The molecular formula is C15H16F3N3. The highest BCUT2D eigenvalue weighted by atomic mass is 19.4. The molecule has 6 heteroatoms. The van der Waals surface area contributed by atoms with Gasteiger partial charge in [-0.2, -0.15) is 23.4 Å². The van der Waals surface area contributed by atoms with Gasteiger partial charge in [0.1, 0.15) is 0 Å². The summed E-state index contributed by atoms with van der Waals surface area (Å²) in [5.41, 5.74) is 8.23. The average Bonchev–Trinajstić information content (AvgIpc) is 2.41. The minimum atomic E-state index is -4.34. The van der Waals surface area contributed by atoms with Gasteiger partial charge in [-0.3, -0.25) is 0 Å². The van der Waals surface area contributed by atoms with E-state index in [1.54, 1.807) is 19.9 Å². The number of benzene rings is 1. The molecule has 1 unspecified atom stereocenters. The molecule has 0 bridgehead atoms. The van der Waals surface area contributed by atoms with Gasteiger partial charge in [0.2, 0.25) is 0 Å². The molecule has 1 aromatic heterocycles. The molecule has 0 amide bonds. The van der Waals surface area contributed by atoms with E-state index < -0.39 is 17.8 Å². The lowest BCUT2D eigenvalue weighted by molar-refractivity contribution is -0.137. The van der Waals surface area contributed by atoms with E-state index in [4.69, 9.17) is 5.73 Å². The molecule has 0 aliphatic heterocycles. The Labute approximate surface area is 121 Å². The Bertz CT molecular complexity index is 638. The Morgan fingerprint density at radius 3 is 2.52 bits per heavy atom. The fourth-order valence-electron chi connectivity index (χ4n) is 2.18. The maximum atomic E-state index is 12.7. The lowest BCUT2D eigenvalue weighted by atomic mass is 9.97. The lowest BCUT2D eigenvalue weighted by Gasteiger charge is -2.15. The number of aryl methyl sites for hydroxylation is 2. The molecule has 0 spiro atoms. The van der Waals surface area contributed by atoms with Gasteiger partial charge in [0, 0.05) is 6.04 Å². The molecule has 3 nitrogen and oxygen atoms in total. The standard InChI is InChI=1S/C15H16F3N3/c1-9-6-13(10(2)21-20-9)14(19)8-11-4-3-5-12(7-11)15(16,17)18/h3-7,14H,8,19H2,1-2H3. The van der Waals surface area contributed by atoms with Crippen LogP contribution in [-0.2, 0) is 12.6 Å². The first-order valence-electron chi connectivity index (χ1n) is 6.50. The van der Waals surface area contributed by atoms with Gasteiger partial charge in [0.15, 0.2) is 0 Å². The summed E-state index contributed by atoms with van der Waals surface area (Å²) in [6.45, 7) is 3.58. The molecule has 1 heterocycles. The Kier molecular flexibility index (Phi) is 4.27. The van der Waals surface area contributed by atoms with Gasteiger partial charge in [-0.15, -0.1) is 0 Å². The largest absolute Gasteiger partial charge is 0.416 e. The zero-order chi connectivity index (χ0) is 15.6. The van der Waals surface area contributed by atoms with E-state index in [0.717, 1.165) is 23.4 Å². The number of nitrogens with two attached hydrogens (primary N) is 1. The second-order valence-corrected chi connectivity index (χ2v) is 5.04. The van der Waals surface area contributed by atoms with E-state index in [1.807, 2.05) is 6.07 Å². The molecule has 2 aromatic rings. The van der Waals surface area contributed by atoms with Gasteiger partial charge in [0.25, 0.3) is 0 Å². The quantitative estimate of drug-likeness (QED) is 0.944. The number of hydrogen-bond donors (Lipinski definition) is 1. The van der Waals surface area contributed by atoms with Crippen molar-refractivity contribution in [3.8, 4) is 0 Å². The van der Waals surface area contributed by atoms with Crippen LogP contribution in [0.4, 0.5) is 13.2 Å². The van der Waals surface area contributed by atoms with Crippen molar-refractivity contribution < 1.29 is 13.2 Å². The van der Waals surface area contributed by atoms with Crippen molar-refractivity contribution in [3.05, 3.63) is 58.4 Å². The number of rotatable bonds is 3. The lowest BCUT2D eigenvalue weighted by Crippen LogP contribution is -2.16.